The topological polar surface area (TPSA) is 254 Å². The molecule has 2 saturated heterocycles. The number of aromatic amines is 2. The van der Waals surface area contributed by atoms with Gasteiger partial charge in [0.1, 0.15) is 24.0 Å². The molecule has 9 atom stereocenters. The number of fused-ring (bicyclic) bond motifs is 2. The molecular weight excluding hydrogens is 671 g/mol. The molecule has 24 heteroatoms. The largest absolute Gasteiger partial charge is 0.394 e. The lowest BCUT2D eigenvalue weighted by Crippen LogP contribution is -2.32. The first-order chi connectivity index (χ1) is 21.0. The van der Waals surface area contributed by atoms with Gasteiger partial charge in [-0.2, -0.15) is 9.67 Å². The summed E-state index contributed by atoms with van der Waals surface area (Å²) in [6, 6.07) is 1.42. The molecule has 0 aromatic carbocycles. The number of nitrogen functional groups attached to an aromatic ring is 1. The van der Waals surface area contributed by atoms with Crippen LogP contribution >= 0.6 is 38.5 Å². The molecule has 238 valence electrons. The highest BCUT2D eigenvalue weighted by molar-refractivity contribution is 8.44. The van der Waals surface area contributed by atoms with E-state index in [1.807, 2.05) is 0 Å². The fourth-order valence-corrected chi connectivity index (χ4v) is 7.41. The monoisotopic (exact) mass is 695 g/mol. The van der Waals surface area contributed by atoms with Gasteiger partial charge in [0.25, 0.3) is 11.1 Å². The van der Waals surface area contributed by atoms with Crippen molar-refractivity contribution >= 4 is 66.7 Å². The number of halogens is 1. The van der Waals surface area contributed by atoms with Crippen LogP contribution in [0.15, 0.2) is 28.2 Å². The number of ether oxygens (including phenoxy) is 2. The summed E-state index contributed by atoms with van der Waals surface area (Å²) in [7, 11) is -2.98. The summed E-state index contributed by atoms with van der Waals surface area (Å²) in [6.45, 7) is -5.36. The van der Waals surface area contributed by atoms with E-state index in [9.17, 15) is 23.8 Å². The summed E-state index contributed by atoms with van der Waals surface area (Å²) >= 11 is 7.79. The molecule has 2 aliphatic heterocycles. The van der Waals surface area contributed by atoms with Gasteiger partial charge in [0.05, 0.1) is 31.0 Å². The van der Waals surface area contributed by atoms with Gasteiger partial charge in [-0.15, -0.1) is 5.10 Å². The van der Waals surface area contributed by atoms with Crippen LogP contribution in [0.2, 0.25) is 0 Å². The summed E-state index contributed by atoms with van der Waals surface area (Å²) in [5.74, 6) is -0.222. The second-order valence-corrected chi connectivity index (χ2v) is 14.4. The molecule has 2 unspecified atom stereocenters. The summed E-state index contributed by atoms with van der Waals surface area (Å²) in [6.07, 6.45) is -6.71. The predicted molar refractivity (Wildman–Crippen MR) is 155 cm³/mol. The van der Waals surface area contributed by atoms with E-state index in [0.717, 1.165) is 11.0 Å². The molecule has 19 nitrogen and oxygen atoms in total. The number of thiol groups is 2. The van der Waals surface area contributed by atoms with Gasteiger partial charge in [0.15, 0.2) is 29.8 Å². The van der Waals surface area contributed by atoms with Crippen LogP contribution in [0.5, 0.6) is 0 Å². The lowest BCUT2D eigenvalue weighted by molar-refractivity contribution is -0.0564. The number of hydrogen-bond donors (Lipinski definition) is 6. The van der Waals surface area contributed by atoms with Gasteiger partial charge in [0.2, 0.25) is 13.2 Å². The van der Waals surface area contributed by atoms with Crippen molar-refractivity contribution in [1.29, 1.82) is 0 Å². The van der Waals surface area contributed by atoms with Crippen LogP contribution in [-0.4, -0.2) is 88.4 Å². The van der Waals surface area contributed by atoms with E-state index in [-0.39, 0.29) is 34.6 Å². The number of aromatic nitrogens is 8. The zero-order chi connectivity index (χ0) is 31.3. The van der Waals surface area contributed by atoms with E-state index in [1.54, 1.807) is 0 Å². The van der Waals surface area contributed by atoms with E-state index >= 15 is 4.39 Å². The van der Waals surface area contributed by atoms with Gasteiger partial charge in [-0.1, -0.05) is 29.7 Å². The van der Waals surface area contributed by atoms with E-state index in [0.29, 0.717) is 0 Å². The smallest absolute Gasteiger partial charge is 0.386 e. The second kappa shape index (κ2) is 12.3. The van der Waals surface area contributed by atoms with Crippen LogP contribution < -0.4 is 16.9 Å². The molecule has 6 rings (SSSR count). The number of H-pyrrole nitrogens is 2. The second-order valence-electron chi connectivity index (χ2n) is 9.68. The van der Waals surface area contributed by atoms with Gasteiger partial charge >= 0.3 is 6.80 Å². The maximum absolute atomic E-state index is 15.7. The fourth-order valence-electron chi connectivity index (χ4n) is 5.04. The summed E-state index contributed by atoms with van der Waals surface area (Å²) < 4.78 is 71.2. The molecular formula is C20H24FN9O10P2S2. The number of alkyl halides is 1. The van der Waals surface area contributed by atoms with E-state index in [4.69, 9.17) is 28.8 Å². The fraction of sp³-hybridized carbons (Fsp3) is 0.500. The van der Waals surface area contributed by atoms with E-state index in [2.05, 4.69) is 54.7 Å². The van der Waals surface area contributed by atoms with Crippen LogP contribution in [0, 0.1) is 0 Å². The Kier molecular flexibility index (Phi) is 8.74. The van der Waals surface area contributed by atoms with Crippen LogP contribution in [0.25, 0.3) is 22.2 Å². The number of aliphatic hydroxyl groups excluding tert-OH is 1. The van der Waals surface area contributed by atoms with Gasteiger partial charge < -0.3 is 34.4 Å². The quantitative estimate of drug-likeness (QED) is 0.0975. The average Bonchev–Trinajstić information content (AvgIpc) is 3.73. The number of nitrogens with zero attached hydrogens (tertiary/aromatic N) is 6. The molecule has 5 N–H and O–H groups in total. The highest BCUT2D eigenvalue weighted by atomic mass is 32.7. The third-order valence-corrected chi connectivity index (χ3v) is 9.34. The third kappa shape index (κ3) is 5.98. The number of aliphatic hydroxyl groups is 1. The highest BCUT2D eigenvalue weighted by Gasteiger charge is 2.49. The maximum atomic E-state index is 15.7. The number of rotatable bonds is 10. The molecule has 44 heavy (non-hydrogen) atoms. The number of hydrogen-bond acceptors (Lipinski definition) is 15. The first kappa shape index (κ1) is 31.3. The number of nitrogens with one attached hydrogen (secondary N) is 2. The third-order valence-electron chi connectivity index (χ3n) is 6.91. The van der Waals surface area contributed by atoms with Crippen LogP contribution in [0.3, 0.4) is 0 Å². The van der Waals surface area contributed by atoms with Crippen molar-refractivity contribution in [3.05, 3.63) is 39.3 Å². The SMILES string of the molecule is Nc1nc2c(nnn2[C@@H]2O[C@H](CO)C[C@H]2OP(=O)(S)OC[C@H]2O[C@@H](n3ccc4c(=O)[nH]cnc43)[C@@H](F)[C@@H]2O[PH](=O)S)c(=O)[nH]1. The Morgan fingerprint density at radius 2 is 2.07 bits per heavy atom. The minimum atomic E-state index is -4.31. The van der Waals surface area contributed by atoms with Crippen molar-refractivity contribution < 1.29 is 41.7 Å². The first-order valence-corrected chi connectivity index (χ1v) is 18.0. The van der Waals surface area contributed by atoms with Crippen molar-refractivity contribution in [3.8, 4) is 0 Å². The Morgan fingerprint density at radius 3 is 2.82 bits per heavy atom. The van der Waals surface area contributed by atoms with E-state index < -0.39 is 81.4 Å². The highest BCUT2D eigenvalue weighted by Crippen LogP contribution is 2.57. The van der Waals surface area contributed by atoms with Gasteiger partial charge in [0, 0.05) is 12.6 Å². The van der Waals surface area contributed by atoms with Crippen molar-refractivity contribution in [2.24, 2.45) is 0 Å². The lowest BCUT2D eigenvalue weighted by Gasteiger charge is -2.24. The van der Waals surface area contributed by atoms with Gasteiger partial charge in [-0.3, -0.25) is 28.2 Å². The molecule has 4 aromatic rings. The standard InChI is InChI=1S/C20H24FN9O10P2S2/c21-11-13(39-41(34)43)10(38-19(11)29-2-1-8-14(29)23-6-24-16(8)32)5-36-42(35,44)40-9-3-7(4-31)37-18(9)30-15-12(27-28-30)17(33)26-20(22)25-15/h1-2,6-7,9-11,13,18-19,31,41H,3-5H2,(H,34,43)(H,35,44)(H,23,24,32)(H3,22,25,26,33)/t7-,9+,10+,11-,13+,18+,19+,42?/m0/s1. The zero-order valence-corrected chi connectivity index (χ0v) is 25.7. The molecule has 0 bridgehead atoms. The summed E-state index contributed by atoms with van der Waals surface area (Å²) in [5, 5.41) is 17.5. The number of anilines is 1. The minimum absolute atomic E-state index is 0.0101. The average molecular weight is 696 g/mol. The molecule has 0 radical (unpaired) electrons. The minimum Gasteiger partial charge on any atom is -0.394 e. The van der Waals surface area contributed by atoms with Crippen LogP contribution in [-0.2, 0) is 32.2 Å². The predicted octanol–water partition coefficient (Wildman–Crippen LogP) is 0.495. The van der Waals surface area contributed by atoms with Crippen molar-refractivity contribution in [1.82, 2.24) is 39.5 Å². The van der Waals surface area contributed by atoms with Gasteiger partial charge in [-0.05, 0) is 6.07 Å². The van der Waals surface area contributed by atoms with Crippen molar-refractivity contribution in [2.45, 2.75) is 49.5 Å². The molecule has 0 aliphatic carbocycles. The van der Waals surface area contributed by atoms with Crippen molar-refractivity contribution in [3.63, 3.8) is 0 Å². The number of nitrogens with two attached hydrogens (primary N) is 1. The van der Waals surface area contributed by atoms with Crippen molar-refractivity contribution in [2.75, 3.05) is 18.9 Å². The Morgan fingerprint density at radius 1 is 1.27 bits per heavy atom. The Labute approximate surface area is 255 Å². The molecule has 0 amide bonds. The summed E-state index contributed by atoms with van der Waals surface area (Å²) in [5.41, 5.74) is 4.44. The lowest BCUT2D eigenvalue weighted by atomic mass is 10.1. The Bertz CT molecular complexity index is 1890. The Hall–Kier alpha value is -2.65. The molecule has 0 saturated carbocycles. The first-order valence-electron chi connectivity index (χ1n) is 12.7. The van der Waals surface area contributed by atoms with Crippen LogP contribution in [0.4, 0.5) is 10.3 Å². The Balaban J connectivity index is 1.21. The molecule has 6 heterocycles. The van der Waals surface area contributed by atoms with Gasteiger partial charge in [-0.25, -0.2) is 13.9 Å². The molecule has 2 aliphatic rings. The zero-order valence-electron chi connectivity index (χ0n) is 22.0. The molecule has 4 aromatic heterocycles. The maximum Gasteiger partial charge on any atom is 0.386 e. The van der Waals surface area contributed by atoms with Crippen LogP contribution in [0.1, 0.15) is 18.9 Å². The molecule has 2 fully saturated rings. The summed E-state index contributed by atoms with van der Waals surface area (Å²) in [4.78, 5) is 37.1. The van der Waals surface area contributed by atoms with E-state index in [1.165, 1.54) is 16.8 Å². The normalized spacial score (nSPS) is 29.4. The molecule has 0 spiro atoms.